The second kappa shape index (κ2) is 3.49. The largest absolute Gasteiger partial charge is 0.507 e. The molecule has 0 aromatic rings. The quantitative estimate of drug-likeness (QED) is 0.482. The Hall–Kier alpha value is -1.85. The summed E-state index contributed by atoms with van der Waals surface area (Å²) in [6.07, 6.45) is -1.78. The molecule has 1 atom stereocenters. The lowest BCUT2D eigenvalue weighted by atomic mass is 10.1. The Balaban J connectivity index is 2.93. The number of carbonyl (C=O) groups excluding carboxylic acids is 2. The highest BCUT2D eigenvalue weighted by Gasteiger charge is 2.37. The smallest absolute Gasteiger partial charge is 0.346 e. The van der Waals surface area contributed by atoms with Gasteiger partial charge in [0.05, 0.1) is 6.42 Å². The average Bonchev–Trinajstić information content (AvgIpc) is 2.25. The summed E-state index contributed by atoms with van der Waals surface area (Å²) in [7, 11) is 0. The topological polar surface area (TPSA) is 101 Å². The number of aliphatic carboxylic acids is 1. The molecule has 0 unspecified atom stereocenters. The van der Waals surface area contributed by atoms with Crippen molar-refractivity contribution in [2.75, 3.05) is 0 Å². The van der Waals surface area contributed by atoms with E-state index in [0.717, 1.165) is 6.92 Å². The highest BCUT2D eigenvalue weighted by molar-refractivity contribution is 6.18. The third-order valence-electron chi connectivity index (χ3n) is 1.73. The number of esters is 1. The molecule has 76 valence electrons. The first-order valence-electron chi connectivity index (χ1n) is 3.80. The molecule has 0 spiro atoms. The molecule has 6 heteroatoms. The Bertz CT molecular complexity index is 340. The zero-order valence-electron chi connectivity index (χ0n) is 7.31. The number of carboxylic acids is 1. The molecule has 0 saturated heterocycles. The van der Waals surface area contributed by atoms with Crippen molar-refractivity contribution in [3.63, 3.8) is 0 Å². The van der Waals surface area contributed by atoms with E-state index in [2.05, 4.69) is 4.74 Å². The van der Waals surface area contributed by atoms with E-state index < -0.39 is 41.6 Å². The first-order chi connectivity index (χ1) is 6.43. The van der Waals surface area contributed by atoms with Crippen LogP contribution in [0.2, 0.25) is 0 Å². The molecule has 0 fully saturated rings. The monoisotopic (exact) mass is 200 g/mol. The summed E-state index contributed by atoms with van der Waals surface area (Å²) in [6, 6.07) is 0. The fourth-order valence-corrected chi connectivity index (χ4v) is 1.13. The molecular formula is C8H8O6. The van der Waals surface area contributed by atoms with Gasteiger partial charge in [0.2, 0.25) is 0 Å². The maximum absolute atomic E-state index is 11.0. The summed E-state index contributed by atoms with van der Waals surface area (Å²) in [5.41, 5.74) is -0.462. The lowest BCUT2D eigenvalue weighted by molar-refractivity contribution is -0.145. The van der Waals surface area contributed by atoms with Gasteiger partial charge in [-0.15, -0.1) is 0 Å². The Morgan fingerprint density at radius 1 is 1.50 bits per heavy atom. The lowest BCUT2D eigenvalue weighted by Crippen LogP contribution is -2.16. The van der Waals surface area contributed by atoms with Crippen LogP contribution in [-0.4, -0.2) is 34.0 Å². The SMILES string of the molecule is CC(=O)C1=C(O)[C@@H](CC(=O)O)OC1=O. The van der Waals surface area contributed by atoms with Crippen molar-refractivity contribution in [3.8, 4) is 0 Å². The van der Waals surface area contributed by atoms with Gasteiger partial charge in [0.15, 0.2) is 17.6 Å². The molecule has 6 nitrogen and oxygen atoms in total. The van der Waals surface area contributed by atoms with Crippen LogP contribution in [0.25, 0.3) is 0 Å². The van der Waals surface area contributed by atoms with Crippen LogP contribution in [0.4, 0.5) is 0 Å². The van der Waals surface area contributed by atoms with E-state index in [9.17, 15) is 19.5 Å². The van der Waals surface area contributed by atoms with E-state index in [1.54, 1.807) is 0 Å². The standard InChI is InChI=1S/C8H8O6/c1-3(9)6-7(12)4(2-5(10)11)14-8(6)13/h4,12H,2H2,1H3,(H,10,11)/t4-/m1/s1. The zero-order chi connectivity index (χ0) is 10.9. The van der Waals surface area contributed by atoms with Crippen LogP contribution >= 0.6 is 0 Å². The van der Waals surface area contributed by atoms with Gasteiger partial charge in [-0.05, 0) is 6.92 Å². The Kier molecular flexibility index (Phi) is 2.55. The minimum Gasteiger partial charge on any atom is -0.507 e. The van der Waals surface area contributed by atoms with E-state index in [1.165, 1.54) is 0 Å². The van der Waals surface area contributed by atoms with Crippen LogP contribution in [0.1, 0.15) is 13.3 Å². The molecular weight excluding hydrogens is 192 g/mol. The maximum atomic E-state index is 11.0. The number of cyclic esters (lactones) is 1. The fraction of sp³-hybridized carbons (Fsp3) is 0.375. The van der Waals surface area contributed by atoms with Gasteiger partial charge in [0.1, 0.15) is 5.57 Å². The van der Waals surface area contributed by atoms with Crippen LogP contribution in [-0.2, 0) is 19.1 Å². The molecule has 2 N–H and O–H groups in total. The predicted octanol–water partition coefficient (Wildman–Crippen LogP) is -0.212. The molecule has 0 saturated carbocycles. The number of hydrogen-bond acceptors (Lipinski definition) is 5. The van der Waals surface area contributed by atoms with E-state index in [1.807, 2.05) is 0 Å². The Morgan fingerprint density at radius 2 is 2.07 bits per heavy atom. The van der Waals surface area contributed by atoms with Crippen molar-refractivity contribution in [1.29, 1.82) is 0 Å². The second-order valence-corrected chi connectivity index (χ2v) is 2.81. The lowest BCUT2D eigenvalue weighted by Gasteiger charge is -2.05. The maximum Gasteiger partial charge on any atom is 0.346 e. The summed E-state index contributed by atoms with van der Waals surface area (Å²) >= 11 is 0. The van der Waals surface area contributed by atoms with Crippen LogP contribution in [0, 0.1) is 0 Å². The summed E-state index contributed by atoms with van der Waals surface area (Å²) in [6.45, 7) is 1.09. The number of Topliss-reactive ketones (excluding diaryl/α,β-unsaturated/α-hetero) is 1. The molecule has 0 radical (unpaired) electrons. The van der Waals surface area contributed by atoms with Crippen LogP contribution in [0.15, 0.2) is 11.3 Å². The number of ketones is 1. The molecule has 1 heterocycles. The van der Waals surface area contributed by atoms with Gasteiger partial charge in [-0.25, -0.2) is 4.79 Å². The number of aliphatic hydroxyl groups is 1. The van der Waals surface area contributed by atoms with E-state index in [4.69, 9.17) is 5.11 Å². The number of hydrogen-bond donors (Lipinski definition) is 2. The molecule has 0 aliphatic carbocycles. The van der Waals surface area contributed by atoms with Crippen LogP contribution < -0.4 is 0 Å². The van der Waals surface area contributed by atoms with Gasteiger partial charge in [0.25, 0.3) is 0 Å². The number of rotatable bonds is 3. The zero-order valence-corrected chi connectivity index (χ0v) is 7.31. The van der Waals surface area contributed by atoms with E-state index in [0.29, 0.717) is 0 Å². The normalized spacial score (nSPS) is 20.9. The van der Waals surface area contributed by atoms with Gasteiger partial charge in [-0.1, -0.05) is 0 Å². The van der Waals surface area contributed by atoms with Gasteiger partial charge < -0.3 is 14.9 Å². The third-order valence-corrected chi connectivity index (χ3v) is 1.73. The number of carboxylic acid groups (broad SMARTS) is 1. The Morgan fingerprint density at radius 3 is 2.43 bits per heavy atom. The van der Waals surface area contributed by atoms with E-state index >= 15 is 0 Å². The molecule has 0 aromatic heterocycles. The number of ether oxygens (including phenoxy) is 1. The van der Waals surface area contributed by atoms with E-state index in [-0.39, 0.29) is 0 Å². The van der Waals surface area contributed by atoms with Crippen molar-refractivity contribution < 1.29 is 29.3 Å². The summed E-state index contributed by atoms with van der Waals surface area (Å²) in [5.74, 6) is -3.43. The van der Waals surface area contributed by atoms with Gasteiger partial charge in [-0.2, -0.15) is 0 Å². The van der Waals surface area contributed by atoms with Gasteiger partial charge >= 0.3 is 11.9 Å². The molecule has 0 amide bonds. The van der Waals surface area contributed by atoms with Crippen molar-refractivity contribution in [1.82, 2.24) is 0 Å². The second-order valence-electron chi connectivity index (χ2n) is 2.81. The molecule has 14 heavy (non-hydrogen) atoms. The van der Waals surface area contributed by atoms with Crippen LogP contribution in [0.3, 0.4) is 0 Å². The number of aliphatic hydroxyl groups excluding tert-OH is 1. The summed E-state index contributed by atoms with van der Waals surface area (Å²) < 4.78 is 4.49. The highest BCUT2D eigenvalue weighted by Crippen LogP contribution is 2.23. The van der Waals surface area contributed by atoms with Crippen molar-refractivity contribution in [3.05, 3.63) is 11.3 Å². The molecule has 1 aliphatic rings. The van der Waals surface area contributed by atoms with Crippen molar-refractivity contribution >= 4 is 17.7 Å². The first-order valence-corrected chi connectivity index (χ1v) is 3.80. The summed E-state index contributed by atoms with van der Waals surface area (Å²) in [5, 5.41) is 17.7. The molecule has 0 bridgehead atoms. The number of carbonyl (C=O) groups is 3. The minimum atomic E-state index is -1.24. The predicted molar refractivity (Wildman–Crippen MR) is 42.5 cm³/mol. The molecule has 1 rings (SSSR count). The van der Waals surface area contributed by atoms with Crippen molar-refractivity contribution in [2.45, 2.75) is 19.4 Å². The van der Waals surface area contributed by atoms with Gasteiger partial charge in [-0.3, -0.25) is 9.59 Å². The molecule has 1 aliphatic heterocycles. The van der Waals surface area contributed by atoms with Crippen LogP contribution in [0.5, 0.6) is 0 Å². The molecule has 0 aromatic carbocycles. The third kappa shape index (κ3) is 1.73. The van der Waals surface area contributed by atoms with Crippen molar-refractivity contribution in [2.24, 2.45) is 0 Å². The Labute approximate surface area is 78.8 Å². The minimum absolute atomic E-state index is 0.462. The first kappa shape index (κ1) is 10.2. The average molecular weight is 200 g/mol. The fourth-order valence-electron chi connectivity index (χ4n) is 1.13. The summed E-state index contributed by atoms with van der Waals surface area (Å²) in [4.78, 5) is 32.1. The highest BCUT2D eigenvalue weighted by atomic mass is 16.6. The van der Waals surface area contributed by atoms with Gasteiger partial charge in [0, 0.05) is 0 Å².